The fourth-order valence-electron chi connectivity index (χ4n) is 1.29. The lowest BCUT2D eigenvalue weighted by Crippen LogP contribution is -2.47. The fraction of sp³-hybridized carbons (Fsp3) is 0.875. The third-order valence-electron chi connectivity index (χ3n) is 2.16. The molecule has 0 aromatic rings. The zero-order chi connectivity index (χ0) is 8.97. The maximum absolute atomic E-state index is 11.4. The summed E-state index contributed by atoms with van der Waals surface area (Å²) in [5.74, 6) is 0.317. The lowest BCUT2D eigenvalue weighted by Gasteiger charge is -2.32. The minimum atomic E-state index is 0.317. The summed E-state index contributed by atoms with van der Waals surface area (Å²) in [6.07, 6.45) is 0.699. The fourth-order valence-corrected chi connectivity index (χ4v) is 1.76. The van der Waals surface area contributed by atoms with Gasteiger partial charge >= 0.3 is 0 Å². The standard InChI is InChI=1S/C8H15IN2O/c1-10-4-6-11(7-5-10)8(12)2-3-9/h2-7H2,1H3. The van der Waals surface area contributed by atoms with Gasteiger partial charge in [0.2, 0.25) is 5.91 Å². The number of alkyl halides is 1. The molecule has 0 unspecified atom stereocenters. The Morgan fingerprint density at radius 1 is 1.33 bits per heavy atom. The van der Waals surface area contributed by atoms with E-state index >= 15 is 0 Å². The lowest BCUT2D eigenvalue weighted by molar-refractivity contribution is -0.132. The van der Waals surface area contributed by atoms with Crippen molar-refractivity contribution in [3.05, 3.63) is 0 Å². The Labute approximate surface area is 87.2 Å². The zero-order valence-corrected chi connectivity index (χ0v) is 9.58. The van der Waals surface area contributed by atoms with E-state index in [0.29, 0.717) is 12.3 Å². The highest BCUT2D eigenvalue weighted by atomic mass is 127. The third kappa shape index (κ3) is 2.90. The van der Waals surface area contributed by atoms with E-state index in [0.717, 1.165) is 30.6 Å². The van der Waals surface area contributed by atoms with Gasteiger partial charge in [-0.25, -0.2) is 0 Å². The van der Waals surface area contributed by atoms with Crippen molar-refractivity contribution in [3.8, 4) is 0 Å². The van der Waals surface area contributed by atoms with Crippen molar-refractivity contribution in [1.29, 1.82) is 0 Å². The number of piperazine rings is 1. The molecule has 1 fully saturated rings. The summed E-state index contributed by atoms with van der Waals surface area (Å²) in [5, 5.41) is 0. The number of likely N-dealkylation sites (N-methyl/N-ethyl adjacent to an activating group) is 1. The number of halogens is 1. The van der Waals surface area contributed by atoms with Crippen molar-refractivity contribution in [1.82, 2.24) is 9.80 Å². The van der Waals surface area contributed by atoms with Gasteiger partial charge in [0.1, 0.15) is 0 Å². The largest absolute Gasteiger partial charge is 0.340 e. The Morgan fingerprint density at radius 2 is 1.92 bits per heavy atom. The van der Waals surface area contributed by atoms with E-state index in [1.54, 1.807) is 0 Å². The van der Waals surface area contributed by atoms with Crippen molar-refractivity contribution in [2.75, 3.05) is 37.7 Å². The highest BCUT2D eigenvalue weighted by Gasteiger charge is 2.17. The van der Waals surface area contributed by atoms with Gasteiger partial charge in [-0.2, -0.15) is 0 Å². The van der Waals surface area contributed by atoms with Crippen LogP contribution in [0.2, 0.25) is 0 Å². The average molecular weight is 282 g/mol. The summed E-state index contributed by atoms with van der Waals surface area (Å²) < 4.78 is 0.933. The van der Waals surface area contributed by atoms with E-state index in [2.05, 4.69) is 34.5 Å². The molecule has 0 radical (unpaired) electrons. The molecule has 1 saturated heterocycles. The summed E-state index contributed by atoms with van der Waals surface area (Å²) >= 11 is 2.24. The van der Waals surface area contributed by atoms with Gasteiger partial charge in [0, 0.05) is 37.0 Å². The average Bonchev–Trinajstić information content (AvgIpc) is 2.06. The highest BCUT2D eigenvalue weighted by Crippen LogP contribution is 2.02. The molecule has 1 aliphatic heterocycles. The number of carbonyl (C=O) groups is 1. The van der Waals surface area contributed by atoms with Crippen LogP contribution in [0.5, 0.6) is 0 Å². The molecule has 12 heavy (non-hydrogen) atoms. The van der Waals surface area contributed by atoms with E-state index in [1.807, 2.05) is 4.90 Å². The van der Waals surface area contributed by atoms with E-state index in [1.165, 1.54) is 0 Å². The normalized spacial score (nSPS) is 19.7. The first-order chi connectivity index (χ1) is 5.74. The molecule has 4 heteroatoms. The molecular formula is C8H15IN2O. The van der Waals surface area contributed by atoms with Crippen LogP contribution in [-0.2, 0) is 4.79 Å². The maximum Gasteiger partial charge on any atom is 0.223 e. The number of hydrogen-bond acceptors (Lipinski definition) is 2. The van der Waals surface area contributed by atoms with Crippen molar-refractivity contribution in [2.45, 2.75) is 6.42 Å². The van der Waals surface area contributed by atoms with Crippen LogP contribution in [0.15, 0.2) is 0 Å². The molecule has 0 aromatic carbocycles. The molecule has 1 aliphatic rings. The quantitative estimate of drug-likeness (QED) is 0.546. The predicted octanol–water partition coefficient (Wildman–Crippen LogP) is 0.586. The van der Waals surface area contributed by atoms with Crippen molar-refractivity contribution >= 4 is 28.5 Å². The molecule has 1 heterocycles. The molecule has 0 saturated carbocycles. The molecule has 0 atom stereocenters. The molecule has 0 aliphatic carbocycles. The summed E-state index contributed by atoms with van der Waals surface area (Å²) in [4.78, 5) is 15.6. The van der Waals surface area contributed by atoms with Gasteiger partial charge in [-0.3, -0.25) is 4.79 Å². The minimum Gasteiger partial charge on any atom is -0.340 e. The minimum absolute atomic E-state index is 0.317. The zero-order valence-electron chi connectivity index (χ0n) is 7.42. The molecule has 1 rings (SSSR count). The monoisotopic (exact) mass is 282 g/mol. The SMILES string of the molecule is CN1CCN(C(=O)CCI)CC1. The highest BCUT2D eigenvalue weighted by molar-refractivity contribution is 14.1. The number of nitrogens with zero attached hydrogens (tertiary/aromatic N) is 2. The Kier molecular flexibility index (Phi) is 4.28. The molecule has 1 amide bonds. The van der Waals surface area contributed by atoms with Gasteiger partial charge in [0.05, 0.1) is 0 Å². The Balaban J connectivity index is 2.29. The van der Waals surface area contributed by atoms with Crippen molar-refractivity contribution < 1.29 is 4.79 Å². The molecule has 70 valence electrons. The van der Waals surface area contributed by atoms with E-state index in [9.17, 15) is 4.79 Å². The van der Waals surface area contributed by atoms with Gasteiger partial charge < -0.3 is 9.80 Å². The van der Waals surface area contributed by atoms with E-state index in [4.69, 9.17) is 0 Å². The molecule has 0 bridgehead atoms. The summed E-state index contributed by atoms with van der Waals surface area (Å²) in [6, 6.07) is 0. The summed E-state index contributed by atoms with van der Waals surface area (Å²) in [7, 11) is 2.10. The van der Waals surface area contributed by atoms with Crippen LogP contribution >= 0.6 is 22.6 Å². The molecular weight excluding hydrogens is 267 g/mol. The second-order valence-electron chi connectivity index (χ2n) is 3.12. The van der Waals surface area contributed by atoms with Crippen molar-refractivity contribution in [2.24, 2.45) is 0 Å². The predicted molar refractivity (Wildman–Crippen MR) is 57.6 cm³/mol. The smallest absolute Gasteiger partial charge is 0.223 e. The van der Waals surface area contributed by atoms with Crippen LogP contribution in [0.4, 0.5) is 0 Å². The van der Waals surface area contributed by atoms with Gasteiger partial charge in [-0.15, -0.1) is 0 Å². The second kappa shape index (κ2) is 5.01. The summed E-state index contributed by atoms with van der Waals surface area (Å²) in [5.41, 5.74) is 0. The first kappa shape index (κ1) is 10.2. The van der Waals surface area contributed by atoms with Gasteiger partial charge in [-0.05, 0) is 7.05 Å². The van der Waals surface area contributed by atoms with Crippen LogP contribution in [0.3, 0.4) is 0 Å². The maximum atomic E-state index is 11.4. The number of hydrogen-bond donors (Lipinski definition) is 0. The van der Waals surface area contributed by atoms with Crippen molar-refractivity contribution in [3.63, 3.8) is 0 Å². The second-order valence-corrected chi connectivity index (χ2v) is 4.20. The molecule has 0 aromatic heterocycles. The first-order valence-corrected chi connectivity index (χ1v) is 5.79. The van der Waals surface area contributed by atoms with Crippen LogP contribution in [0.1, 0.15) is 6.42 Å². The van der Waals surface area contributed by atoms with Crippen LogP contribution in [-0.4, -0.2) is 53.4 Å². The first-order valence-electron chi connectivity index (χ1n) is 4.26. The van der Waals surface area contributed by atoms with E-state index in [-0.39, 0.29) is 0 Å². The van der Waals surface area contributed by atoms with Crippen LogP contribution in [0.25, 0.3) is 0 Å². The number of rotatable bonds is 2. The van der Waals surface area contributed by atoms with Crippen LogP contribution in [0, 0.1) is 0 Å². The lowest BCUT2D eigenvalue weighted by atomic mass is 10.3. The molecule has 0 N–H and O–H groups in total. The van der Waals surface area contributed by atoms with E-state index < -0.39 is 0 Å². The van der Waals surface area contributed by atoms with Gasteiger partial charge in [0.25, 0.3) is 0 Å². The summed E-state index contributed by atoms with van der Waals surface area (Å²) in [6.45, 7) is 3.86. The topological polar surface area (TPSA) is 23.6 Å². The third-order valence-corrected chi connectivity index (χ3v) is 2.70. The Morgan fingerprint density at radius 3 is 2.42 bits per heavy atom. The molecule has 3 nitrogen and oxygen atoms in total. The number of amides is 1. The van der Waals surface area contributed by atoms with Gasteiger partial charge in [-0.1, -0.05) is 22.6 Å². The molecule has 0 spiro atoms. The van der Waals surface area contributed by atoms with Gasteiger partial charge in [0.15, 0.2) is 0 Å². The Bertz CT molecular complexity index is 155. The number of carbonyl (C=O) groups excluding carboxylic acids is 1. The van der Waals surface area contributed by atoms with Crippen LogP contribution < -0.4 is 0 Å². The Hall–Kier alpha value is 0.160.